The molecule has 7 nitrogen and oxygen atoms in total. The molecule has 0 spiro atoms. The highest BCUT2D eigenvalue weighted by Crippen LogP contribution is 2.29. The Balaban J connectivity index is 1.34. The summed E-state index contributed by atoms with van der Waals surface area (Å²) in [5.41, 5.74) is 6.02. The summed E-state index contributed by atoms with van der Waals surface area (Å²) in [6, 6.07) is 15.6. The average Bonchev–Trinajstić information content (AvgIpc) is 3.35. The molecule has 0 fully saturated rings. The van der Waals surface area contributed by atoms with E-state index in [-0.39, 0.29) is 0 Å². The Kier molecular flexibility index (Phi) is 6.80. The van der Waals surface area contributed by atoms with E-state index >= 15 is 0 Å². The van der Waals surface area contributed by atoms with Crippen molar-refractivity contribution in [2.75, 3.05) is 18.4 Å². The molecule has 1 aliphatic heterocycles. The van der Waals surface area contributed by atoms with Gasteiger partial charge in [0.15, 0.2) is 11.2 Å². The number of ether oxygens (including phenoxy) is 1. The molecule has 3 heterocycles. The number of aryl methyl sites for hydroxylation is 1. The van der Waals surface area contributed by atoms with E-state index in [1.54, 1.807) is 6.92 Å². The molecule has 1 aliphatic rings. The molecular weight excluding hydrogens is 472 g/mol. The summed E-state index contributed by atoms with van der Waals surface area (Å²) in [4.78, 5) is 37.9. The number of para-hydroxylation sites is 1. The van der Waals surface area contributed by atoms with Crippen LogP contribution in [0.5, 0.6) is 0 Å². The summed E-state index contributed by atoms with van der Waals surface area (Å²) in [5, 5.41) is 5.89. The third kappa shape index (κ3) is 4.87. The molecule has 1 atom stereocenters. The second-order valence-corrected chi connectivity index (χ2v) is 9.85. The first-order valence-electron chi connectivity index (χ1n) is 12.1. The largest absolute Gasteiger partial charge is 0.449 e. The number of rotatable bonds is 6. The van der Waals surface area contributed by atoms with Crippen LogP contribution in [0.25, 0.3) is 22.2 Å². The number of thiazole rings is 1. The van der Waals surface area contributed by atoms with Gasteiger partial charge in [0, 0.05) is 47.1 Å². The lowest BCUT2D eigenvalue weighted by atomic mass is 9.95. The van der Waals surface area contributed by atoms with Gasteiger partial charge in [-0.1, -0.05) is 55.0 Å². The van der Waals surface area contributed by atoms with Gasteiger partial charge in [0.25, 0.3) is 5.91 Å². The van der Waals surface area contributed by atoms with E-state index in [2.05, 4.69) is 22.1 Å². The Morgan fingerprint density at radius 3 is 2.69 bits per heavy atom. The van der Waals surface area contributed by atoms with E-state index in [9.17, 15) is 9.59 Å². The van der Waals surface area contributed by atoms with Gasteiger partial charge < -0.3 is 4.74 Å². The standard InChI is InChI=1S/C28H28N4O3S/c1-4-32-14-13-23-21(15-32)25(20-7-5-6-8-22(20)29-23)27(34)35-18(3)26(33)31-28-30-24(16-36-28)19-11-9-17(2)10-12-19/h5-12,16,18H,4,13-15H2,1-3H3,(H,30,31,33). The van der Waals surface area contributed by atoms with E-state index in [1.165, 1.54) is 16.9 Å². The predicted molar refractivity (Wildman–Crippen MR) is 142 cm³/mol. The quantitative estimate of drug-likeness (QED) is 0.365. The highest BCUT2D eigenvalue weighted by molar-refractivity contribution is 7.14. The average molecular weight is 501 g/mol. The second kappa shape index (κ2) is 10.2. The summed E-state index contributed by atoms with van der Waals surface area (Å²) in [7, 11) is 0. The number of carbonyl (C=O) groups is 2. The van der Waals surface area contributed by atoms with Gasteiger partial charge in [-0.05, 0) is 26.5 Å². The Bertz CT molecular complexity index is 1430. The normalized spacial score (nSPS) is 14.3. The Morgan fingerprint density at radius 1 is 1.14 bits per heavy atom. The van der Waals surface area contributed by atoms with Gasteiger partial charge in [-0.15, -0.1) is 11.3 Å². The lowest BCUT2D eigenvalue weighted by molar-refractivity contribution is -0.123. The molecular formula is C28H28N4O3S. The molecule has 2 aromatic heterocycles. The van der Waals surface area contributed by atoms with Gasteiger partial charge in [-0.3, -0.25) is 20.0 Å². The Hall–Kier alpha value is -3.62. The maximum atomic E-state index is 13.4. The smallest absolute Gasteiger partial charge is 0.339 e. The molecule has 0 bridgehead atoms. The lowest BCUT2D eigenvalue weighted by Crippen LogP contribution is -2.34. The van der Waals surface area contributed by atoms with Crippen molar-refractivity contribution in [2.24, 2.45) is 0 Å². The minimum Gasteiger partial charge on any atom is -0.449 e. The van der Waals surface area contributed by atoms with Crippen molar-refractivity contribution >= 4 is 39.2 Å². The van der Waals surface area contributed by atoms with Crippen molar-refractivity contribution < 1.29 is 14.3 Å². The van der Waals surface area contributed by atoms with E-state index < -0.39 is 18.0 Å². The first kappa shape index (κ1) is 24.1. The van der Waals surface area contributed by atoms with E-state index in [0.29, 0.717) is 17.2 Å². The summed E-state index contributed by atoms with van der Waals surface area (Å²) >= 11 is 1.34. The number of carbonyl (C=O) groups excluding carboxylic acids is 2. The molecule has 1 unspecified atom stereocenters. The van der Waals surface area contributed by atoms with Crippen LogP contribution in [0.3, 0.4) is 0 Å². The van der Waals surface area contributed by atoms with Crippen LogP contribution in [0.4, 0.5) is 5.13 Å². The van der Waals surface area contributed by atoms with Crippen LogP contribution in [-0.4, -0.2) is 45.9 Å². The maximum absolute atomic E-state index is 13.4. The van der Waals surface area contributed by atoms with Crippen LogP contribution in [-0.2, 0) is 22.5 Å². The Morgan fingerprint density at radius 2 is 1.92 bits per heavy atom. The number of fused-ring (bicyclic) bond motifs is 2. The summed E-state index contributed by atoms with van der Waals surface area (Å²) in [6.45, 7) is 8.14. The highest BCUT2D eigenvalue weighted by Gasteiger charge is 2.28. The molecule has 4 aromatic rings. The maximum Gasteiger partial charge on any atom is 0.339 e. The number of nitrogens with zero attached hydrogens (tertiary/aromatic N) is 3. The zero-order chi connectivity index (χ0) is 25.2. The van der Waals surface area contributed by atoms with Crippen LogP contribution < -0.4 is 5.32 Å². The topological polar surface area (TPSA) is 84.4 Å². The van der Waals surface area contributed by atoms with Gasteiger partial charge in [0.05, 0.1) is 16.8 Å². The molecule has 2 aromatic carbocycles. The fraction of sp³-hybridized carbons (Fsp3) is 0.286. The minimum absolute atomic E-state index is 0.421. The van der Waals surface area contributed by atoms with Crippen molar-refractivity contribution in [1.29, 1.82) is 0 Å². The van der Waals surface area contributed by atoms with Crippen LogP contribution in [0.1, 0.15) is 41.0 Å². The molecule has 0 aliphatic carbocycles. The van der Waals surface area contributed by atoms with Gasteiger partial charge in [-0.2, -0.15) is 0 Å². The van der Waals surface area contributed by atoms with Gasteiger partial charge in [0.2, 0.25) is 0 Å². The summed E-state index contributed by atoms with van der Waals surface area (Å²) in [5.74, 6) is -0.930. The van der Waals surface area contributed by atoms with E-state index in [0.717, 1.165) is 52.9 Å². The number of hydrogen-bond donors (Lipinski definition) is 1. The number of esters is 1. The number of amides is 1. The zero-order valence-corrected chi connectivity index (χ0v) is 21.4. The number of aromatic nitrogens is 2. The van der Waals surface area contributed by atoms with Crippen LogP contribution >= 0.6 is 11.3 Å². The number of nitrogens with one attached hydrogen (secondary N) is 1. The van der Waals surface area contributed by atoms with Crippen molar-refractivity contribution in [3.8, 4) is 11.3 Å². The molecule has 0 saturated carbocycles. The fourth-order valence-electron chi connectivity index (χ4n) is 4.42. The minimum atomic E-state index is -0.988. The first-order valence-corrected chi connectivity index (χ1v) is 13.0. The first-order chi connectivity index (χ1) is 17.4. The molecule has 5 rings (SSSR count). The summed E-state index contributed by atoms with van der Waals surface area (Å²) in [6.07, 6.45) is -0.213. The van der Waals surface area contributed by atoms with E-state index in [1.807, 2.05) is 60.8 Å². The molecule has 1 amide bonds. The zero-order valence-electron chi connectivity index (χ0n) is 20.6. The predicted octanol–water partition coefficient (Wildman–Crippen LogP) is 5.23. The lowest BCUT2D eigenvalue weighted by Gasteiger charge is -2.29. The van der Waals surface area contributed by atoms with Gasteiger partial charge in [-0.25, -0.2) is 9.78 Å². The molecule has 8 heteroatoms. The number of likely N-dealkylation sites (N-methyl/N-ethyl adjacent to an activating group) is 1. The molecule has 0 radical (unpaired) electrons. The second-order valence-electron chi connectivity index (χ2n) is 8.99. The van der Waals surface area contributed by atoms with Crippen molar-refractivity contribution in [3.05, 3.63) is 76.3 Å². The van der Waals surface area contributed by atoms with Crippen molar-refractivity contribution in [3.63, 3.8) is 0 Å². The monoisotopic (exact) mass is 500 g/mol. The molecule has 1 N–H and O–H groups in total. The number of pyridine rings is 1. The van der Waals surface area contributed by atoms with Crippen LogP contribution in [0, 0.1) is 6.92 Å². The molecule has 184 valence electrons. The highest BCUT2D eigenvalue weighted by atomic mass is 32.1. The Labute approximate surface area is 214 Å². The number of hydrogen-bond acceptors (Lipinski definition) is 7. The van der Waals surface area contributed by atoms with Crippen molar-refractivity contribution in [1.82, 2.24) is 14.9 Å². The number of benzene rings is 2. The number of anilines is 1. The van der Waals surface area contributed by atoms with Crippen molar-refractivity contribution in [2.45, 2.75) is 39.8 Å². The molecule has 36 heavy (non-hydrogen) atoms. The van der Waals surface area contributed by atoms with Gasteiger partial charge >= 0.3 is 5.97 Å². The van der Waals surface area contributed by atoms with Gasteiger partial charge in [0.1, 0.15) is 0 Å². The van der Waals surface area contributed by atoms with Crippen LogP contribution in [0.2, 0.25) is 0 Å². The fourth-order valence-corrected chi connectivity index (χ4v) is 5.14. The van der Waals surface area contributed by atoms with E-state index in [4.69, 9.17) is 9.72 Å². The summed E-state index contributed by atoms with van der Waals surface area (Å²) < 4.78 is 5.70. The SMILES string of the molecule is CCN1CCc2nc3ccccc3c(C(=O)OC(C)C(=O)Nc3nc(-c4ccc(C)cc4)cs3)c2C1. The van der Waals surface area contributed by atoms with Crippen LogP contribution in [0.15, 0.2) is 53.9 Å². The third-order valence-electron chi connectivity index (χ3n) is 6.51. The molecule has 0 saturated heterocycles. The third-order valence-corrected chi connectivity index (χ3v) is 7.27.